The highest BCUT2D eigenvalue weighted by atomic mass is 16.6. The summed E-state index contributed by atoms with van der Waals surface area (Å²) in [5.41, 5.74) is -0.510. The van der Waals surface area contributed by atoms with E-state index in [-0.39, 0.29) is 43.2 Å². The number of carbonyl (C=O) groups is 2. The summed E-state index contributed by atoms with van der Waals surface area (Å²) < 4.78 is 20.6. The topological polar surface area (TPSA) is 159 Å². The number of carbonyl (C=O) groups excluding carboxylic acids is 2. The van der Waals surface area contributed by atoms with E-state index in [1.54, 1.807) is 13.8 Å². The maximum Gasteiger partial charge on any atom is 0.337 e. The quantitative estimate of drug-likeness (QED) is 0.415. The Morgan fingerprint density at radius 2 is 1.76 bits per heavy atom. The number of aromatic amines is 1. The van der Waals surface area contributed by atoms with E-state index in [4.69, 9.17) is 23.5 Å². The maximum absolute atomic E-state index is 12.6. The molecular formula is C22H27N3O9. The molecule has 0 unspecified atom stereocenters. The van der Waals surface area contributed by atoms with Crippen LogP contribution in [0, 0.1) is 0 Å². The van der Waals surface area contributed by atoms with Crippen molar-refractivity contribution in [3.8, 4) is 6.01 Å². The van der Waals surface area contributed by atoms with Crippen LogP contribution in [0.2, 0.25) is 0 Å². The third kappa shape index (κ3) is 6.07. The minimum absolute atomic E-state index is 0.00278. The summed E-state index contributed by atoms with van der Waals surface area (Å²) in [6, 6.07) is 0.968. The molecule has 1 fully saturated rings. The molecule has 0 amide bonds. The molecule has 2 atom stereocenters. The SMILES string of the molecule is CCCCc1cc(=O)oc2nc(O/N=C3\C[C@@H](C(=O)OCC)O[C@@H](C(=O)OCC)C3)[nH]c(=O)c12. The molecule has 1 aliphatic rings. The van der Waals surface area contributed by atoms with Crippen molar-refractivity contribution >= 4 is 28.8 Å². The molecule has 2 aromatic heterocycles. The number of unbranched alkanes of at least 4 members (excludes halogenated alkanes) is 1. The van der Waals surface area contributed by atoms with Gasteiger partial charge in [0.05, 0.1) is 18.9 Å². The van der Waals surface area contributed by atoms with Crippen LogP contribution in [0.4, 0.5) is 0 Å². The predicted molar refractivity (Wildman–Crippen MR) is 119 cm³/mol. The third-order valence-corrected chi connectivity index (χ3v) is 5.01. The Morgan fingerprint density at radius 3 is 2.35 bits per heavy atom. The number of hydrogen-bond donors (Lipinski definition) is 1. The van der Waals surface area contributed by atoms with Crippen LogP contribution in [0.5, 0.6) is 6.01 Å². The molecule has 1 saturated heterocycles. The number of nitrogens with one attached hydrogen (secondary N) is 1. The summed E-state index contributed by atoms with van der Waals surface area (Å²) in [7, 11) is 0. The molecule has 184 valence electrons. The lowest BCUT2D eigenvalue weighted by molar-refractivity contribution is -0.172. The number of esters is 2. The Labute approximate surface area is 194 Å². The van der Waals surface area contributed by atoms with E-state index in [0.717, 1.165) is 12.8 Å². The molecule has 1 aliphatic heterocycles. The van der Waals surface area contributed by atoms with Gasteiger partial charge in [-0.2, -0.15) is 4.98 Å². The van der Waals surface area contributed by atoms with E-state index in [0.29, 0.717) is 17.7 Å². The summed E-state index contributed by atoms with van der Waals surface area (Å²) in [6.45, 7) is 5.57. The van der Waals surface area contributed by atoms with Gasteiger partial charge in [-0.1, -0.05) is 18.5 Å². The number of aromatic nitrogens is 2. The van der Waals surface area contributed by atoms with Crippen LogP contribution in [0.3, 0.4) is 0 Å². The van der Waals surface area contributed by atoms with E-state index < -0.39 is 35.3 Å². The fraction of sp³-hybridized carbons (Fsp3) is 0.545. The van der Waals surface area contributed by atoms with Crippen LogP contribution in [0.15, 0.2) is 25.2 Å². The van der Waals surface area contributed by atoms with E-state index in [9.17, 15) is 19.2 Å². The molecular weight excluding hydrogens is 450 g/mol. The molecule has 0 saturated carbocycles. The summed E-state index contributed by atoms with van der Waals surface area (Å²) in [5, 5.41) is 4.12. The van der Waals surface area contributed by atoms with Gasteiger partial charge in [0.15, 0.2) is 12.2 Å². The van der Waals surface area contributed by atoms with Gasteiger partial charge in [0.25, 0.3) is 5.56 Å². The second-order valence-electron chi connectivity index (χ2n) is 7.52. The minimum Gasteiger partial charge on any atom is -0.464 e. The lowest BCUT2D eigenvalue weighted by atomic mass is 10.0. The number of rotatable bonds is 9. The summed E-state index contributed by atoms with van der Waals surface area (Å²) in [6.07, 6.45) is 0.0492. The monoisotopic (exact) mass is 477 g/mol. The fourth-order valence-corrected chi connectivity index (χ4v) is 3.47. The first kappa shape index (κ1) is 25.1. The summed E-state index contributed by atoms with van der Waals surface area (Å²) >= 11 is 0. The number of aryl methyl sites for hydroxylation is 1. The Balaban J connectivity index is 1.87. The molecule has 12 nitrogen and oxygen atoms in total. The largest absolute Gasteiger partial charge is 0.464 e. The zero-order valence-electron chi connectivity index (χ0n) is 19.3. The third-order valence-electron chi connectivity index (χ3n) is 5.01. The molecule has 0 spiro atoms. The van der Waals surface area contributed by atoms with Crippen molar-refractivity contribution in [1.29, 1.82) is 0 Å². The van der Waals surface area contributed by atoms with Gasteiger partial charge in [0.1, 0.15) is 5.39 Å². The van der Waals surface area contributed by atoms with Gasteiger partial charge in [0.2, 0.25) is 5.71 Å². The average Bonchev–Trinajstić information content (AvgIpc) is 2.80. The van der Waals surface area contributed by atoms with Crippen molar-refractivity contribution in [1.82, 2.24) is 9.97 Å². The van der Waals surface area contributed by atoms with Crippen molar-refractivity contribution < 1.29 is 33.1 Å². The lowest BCUT2D eigenvalue weighted by Crippen LogP contribution is -2.43. The Hall–Kier alpha value is -3.54. The second kappa shape index (κ2) is 11.5. The van der Waals surface area contributed by atoms with Gasteiger partial charge in [-0.05, 0) is 32.3 Å². The molecule has 0 aromatic carbocycles. The molecule has 3 heterocycles. The number of ether oxygens (including phenoxy) is 3. The highest BCUT2D eigenvalue weighted by Crippen LogP contribution is 2.21. The summed E-state index contributed by atoms with van der Waals surface area (Å²) in [4.78, 5) is 60.7. The van der Waals surface area contributed by atoms with Crippen molar-refractivity contribution in [3.63, 3.8) is 0 Å². The first-order chi connectivity index (χ1) is 16.4. The van der Waals surface area contributed by atoms with Crippen LogP contribution >= 0.6 is 0 Å². The highest BCUT2D eigenvalue weighted by molar-refractivity contribution is 5.94. The molecule has 0 bridgehead atoms. The number of H-pyrrole nitrogens is 1. The van der Waals surface area contributed by atoms with Gasteiger partial charge >= 0.3 is 23.6 Å². The van der Waals surface area contributed by atoms with E-state index in [1.807, 2.05) is 6.92 Å². The average molecular weight is 477 g/mol. The smallest absolute Gasteiger partial charge is 0.337 e. The number of fused-ring (bicyclic) bond motifs is 1. The van der Waals surface area contributed by atoms with Crippen molar-refractivity contribution in [2.75, 3.05) is 13.2 Å². The number of nitrogens with zero attached hydrogens (tertiary/aromatic N) is 2. The second-order valence-corrected chi connectivity index (χ2v) is 7.52. The predicted octanol–water partition coefficient (Wildman–Crippen LogP) is 1.63. The normalized spacial score (nSPS) is 19.2. The maximum atomic E-state index is 12.6. The summed E-state index contributed by atoms with van der Waals surface area (Å²) in [5.74, 6) is -1.30. The molecule has 3 rings (SSSR count). The molecule has 0 radical (unpaired) electrons. The zero-order valence-corrected chi connectivity index (χ0v) is 19.3. The van der Waals surface area contributed by atoms with Crippen LogP contribution < -0.4 is 16.0 Å². The van der Waals surface area contributed by atoms with Gasteiger partial charge in [-0.25, -0.2) is 14.4 Å². The molecule has 12 heteroatoms. The first-order valence-electron chi connectivity index (χ1n) is 11.1. The van der Waals surface area contributed by atoms with Crippen molar-refractivity contribution in [3.05, 3.63) is 32.4 Å². The van der Waals surface area contributed by atoms with Crippen LogP contribution in [-0.2, 0) is 30.2 Å². The molecule has 1 N–H and O–H groups in total. The lowest BCUT2D eigenvalue weighted by Gasteiger charge is -2.27. The van der Waals surface area contributed by atoms with Crippen molar-refractivity contribution in [2.24, 2.45) is 5.16 Å². The Bertz CT molecular complexity index is 1160. The van der Waals surface area contributed by atoms with E-state index in [2.05, 4.69) is 15.1 Å². The van der Waals surface area contributed by atoms with Crippen molar-refractivity contribution in [2.45, 2.75) is 65.1 Å². The molecule has 2 aromatic rings. The fourth-order valence-electron chi connectivity index (χ4n) is 3.47. The first-order valence-corrected chi connectivity index (χ1v) is 11.1. The Morgan fingerprint density at radius 1 is 1.12 bits per heavy atom. The minimum atomic E-state index is -1.08. The van der Waals surface area contributed by atoms with Crippen LogP contribution in [-0.4, -0.2) is 53.0 Å². The number of oxime groups is 1. The highest BCUT2D eigenvalue weighted by Gasteiger charge is 2.37. The number of hydrogen-bond acceptors (Lipinski definition) is 11. The standard InChI is InChI=1S/C22H27N3O9/c1-4-7-8-12-9-16(26)33-19-17(12)18(27)23-22(24-19)34-25-13-10-14(20(28)30-5-2)32-15(11-13)21(29)31-6-3/h9,14-15H,4-8,10-11H2,1-3H3,(H,23,24,27)/b25-13-/t14-,15+/m1/s1. The van der Waals surface area contributed by atoms with Gasteiger partial charge in [0, 0.05) is 18.9 Å². The van der Waals surface area contributed by atoms with Gasteiger partial charge in [-0.3, -0.25) is 9.78 Å². The van der Waals surface area contributed by atoms with Gasteiger partial charge in [-0.15, -0.1) is 0 Å². The zero-order chi connectivity index (χ0) is 24.7. The van der Waals surface area contributed by atoms with E-state index in [1.165, 1.54) is 6.07 Å². The Kier molecular flexibility index (Phi) is 8.52. The molecule has 0 aliphatic carbocycles. The molecule has 34 heavy (non-hydrogen) atoms. The van der Waals surface area contributed by atoms with Crippen LogP contribution in [0.1, 0.15) is 52.0 Å². The van der Waals surface area contributed by atoms with Crippen LogP contribution in [0.25, 0.3) is 11.1 Å². The van der Waals surface area contributed by atoms with Gasteiger partial charge < -0.3 is 23.5 Å². The van der Waals surface area contributed by atoms with E-state index >= 15 is 0 Å².